The number of aromatic nitrogens is 2. The third kappa shape index (κ3) is 5.94. The Morgan fingerprint density at radius 3 is 2.31 bits per heavy atom. The van der Waals surface area contributed by atoms with Crippen LogP contribution in [-0.2, 0) is 14.8 Å². The van der Waals surface area contributed by atoms with Crippen LogP contribution >= 0.6 is 0 Å². The number of ether oxygens (including phenoxy) is 1. The van der Waals surface area contributed by atoms with Gasteiger partial charge in [0.05, 0.1) is 22.2 Å². The van der Waals surface area contributed by atoms with Gasteiger partial charge in [-0.2, -0.15) is 9.40 Å². The minimum absolute atomic E-state index is 0.0212. The second kappa shape index (κ2) is 10.6. The lowest BCUT2D eigenvalue weighted by Crippen LogP contribution is -2.37. The van der Waals surface area contributed by atoms with Gasteiger partial charge in [-0.15, -0.1) is 0 Å². The molecule has 1 aromatic carbocycles. The fraction of sp³-hybridized carbons (Fsp3) is 0.464. The van der Waals surface area contributed by atoms with Crippen LogP contribution in [0.3, 0.4) is 0 Å². The third-order valence-electron chi connectivity index (χ3n) is 7.23. The van der Waals surface area contributed by atoms with E-state index in [9.17, 15) is 18.0 Å². The number of carbonyl (C=O) groups excluding carboxylic acids is 2. The zero-order chi connectivity index (χ0) is 27.8. The minimum Gasteiger partial charge on any atom is -0.444 e. The number of amides is 2. The van der Waals surface area contributed by atoms with Crippen LogP contribution in [0.1, 0.15) is 68.3 Å². The number of likely N-dealkylation sites (tertiary alicyclic amines) is 1. The molecule has 3 aromatic rings. The highest BCUT2D eigenvalue weighted by atomic mass is 32.2. The van der Waals surface area contributed by atoms with Gasteiger partial charge in [0.15, 0.2) is 0 Å². The summed E-state index contributed by atoms with van der Waals surface area (Å²) in [6.45, 7) is 7.68. The first kappa shape index (κ1) is 27.1. The third-order valence-corrected chi connectivity index (χ3v) is 9.14. The van der Waals surface area contributed by atoms with Crippen LogP contribution < -0.4 is 5.32 Å². The van der Waals surface area contributed by atoms with E-state index < -0.39 is 21.7 Å². The summed E-state index contributed by atoms with van der Waals surface area (Å²) in [5, 5.41) is 6.98. The lowest BCUT2D eigenvalue weighted by Gasteiger charge is -2.31. The maximum absolute atomic E-state index is 13.3. The molecular formula is C28H35N5O5S. The number of benzene rings is 1. The van der Waals surface area contributed by atoms with Gasteiger partial charge >= 0.3 is 6.09 Å². The maximum atomic E-state index is 13.3. The van der Waals surface area contributed by atoms with Gasteiger partial charge in [-0.25, -0.2) is 17.7 Å². The normalized spacial score (nSPS) is 17.5. The van der Waals surface area contributed by atoms with Gasteiger partial charge < -0.3 is 9.64 Å². The topological polar surface area (TPSA) is 113 Å². The molecule has 0 unspecified atom stereocenters. The van der Waals surface area contributed by atoms with Gasteiger partial charge in [0, 0.05) is 38.1 Å². The zero-order valence-electron chi connectivity index (χ0n) is 22.6. The molecule has 4 heterocycles. The minimum atomic E-state index is -3.67. The number of anilines is 1. The monoisotopic (exact) mass is 553 g/mol. The molecule has 39 heavy (non-hydrogen) atoms. The number of hydrogen-bond donors (Lipinski definition) is 1. The molecule has 2 fully saturated rings. The van der Waals surface area contributed by atoms with Crippen LogP contribution in [0.25, 0.3) is 5.52 Å². The van der Waals surface area contributed by atoms with Gasteiger partial charge in [-0.3, -0.25) is 10.1 Å². The van der Waals surface area contributed by atoms with Gasteiger partial charge in [-0.1, -0.05) is 0 Å². The molecule has 10 nitrogen and oxygen atoms in total. The molecule has 0 saturated carbocycles. The number of fused-ring (bicyclic) bond motifs is 1. The largest absolute Gasteiger partial charge is 0.444 e. The van der Waals surface area contributed by atoms with E-state index in [-0.39, 0.29) is 16.7 Å². The number of sulfonamides is 1. The quantitative estimate of drug-likeness (QED) is 0.498. The van der Waals surface area contributed by atoms with Crippen LogP contribution in [0.15, 0.2) is 53.7 Å². The van der Waals surface area contributed by atoms with E-state index in [0.717, 1.165) is 37.0 Å². The Kier molecular flexibility index (Phi) is 7.39. The van der Waals surface area contributed by atoms with Crippen molar-refractivity contribution in [3.8, 4) is 0 Å². The van der Waals surface area contributed by atoms with Gasteiger partial charge in [-0.05, 0) is 94.3 Å². The summed E-state index contributed by atoms with van der Waals surface area (Å²) < 4.78 is 35.1. The van der Waals surface area contributed by atoms with Crippen LogP contribution in [0.5, 0.6) is 0 Å². The van der Waals surface area contributed by atoms with E-state index in [0.29, 0.717) is 37.2 Å². The van der Waals surface area contributed by atoms with E-state index >= 15 is 0 Å². The summed E-state index contributed by atoms with van der Waals surface area (Å²) in [7, 11) is -3.67. The van der Waals surface area contributed by atoms with E-state index in [1.54, 1.807) is 43.6 Å². The standard InChI is InChI=1S/C28H35N5O5S/c1-28(2,3)38-27(35)30-22-6-8-23(9-7-22)39(36,37)32-15-10-20(11-16-32)21-12-17-33-25(18-21)24(19-29-33)26(34)31-13-4-5-14-31/h6-9,12,17-20H,4-5,10-11,13-16H2,1-3H3,(H,30,35). The molecule has 2 aliphatic heterocycles. The molecule has 0 spiro atoms. The highest BCUT2D eigenvalue weighted by molar-refractivity contribution is 7.89. The maximum Gasteiger partial charge on any atom is 0.412 e. The summed E-state index contributed by atoms with van der Waals surface area (Å²) in [5.41, 5.74) is 2.33. The number of hydrogen-bond acceptors (Lipinski definition) is 6. The Bertz CT molecular complexity index is 1460. The predicted octanol–water partition coefficient (Wildman–Crippen LogP) is 4.49. The van der Waals surface area contributed by atoms with Crippen molar-refractivity contribution in [3.05, 3.63) is 59.9 Å². The number of piperidine rings is 1. The van der Waals surface area contributed by atoms with Gasteiger partial charge in [0.2, 0.25) is 10.0 Å². The van der Waals surface area contributed by atoms with Crippen molar-refractivity contribution in [2.45, 2.75) is 62.9 Å². The van der Waals surface area contributed by atoms with Crippen molar-refractivity contribution in [1.82, 2.24) is 18.8 Å². The summed E-state index contributed by atoms with van der Waals surface area (Å²) in [4.78, 5) is 27.1. The molecule has 11 heteroatoms. The van der Waals surface area contributed by atoms with Gasteiger partial charge in [0.1, 0.15) is 5.60 Å². The Balaban J connectivity index is 1.23. The Labute approximate surface area is 229 Å². The van der Waals surface area contributed by atoms with Crippen LogP contribution in [0, 0.1) is 0 Å². The summed E-state index contributed by atoms with van der Waals surface area (Å²) in [6, 6.07) is 10.2. The molecular weight excluding hydrogens is 518 g/mol. The molecule has 0 radical (unpaired) electrons. The summed E-state index contributed by atoms with van der Waals surface area (Å²) >= 11 is 0. The SMILES string of the molecule is CC(C)(C)OC(=O)Nc1ccc(S(=O)(=O)N2CCC(c3ccn4ncc(C(=O)N5CCCC5)c4c3)CC2)cc1. The van der Waals surface area contributed by atoms with E-state index in [1.165, 1.54) is 16.4 Å². The smallest absolute Gasteiger partial charge is 0.412 e. The zero-order valence-corrected chi connectivity index (χ0v) is 23.4. The van der Waals surface area contributed by atoms with Crippen molar-refractivity contribution in [2.75, 3.05) is 31.5 Å². The van der Waals surface area contributed by atoms with Crippen molar-refractivity contribution in [3.63, 3.8) is 0 Å². The van der Waals surface area contributed by atoms with Crippen molar-refractivity contribution >= 4 is 33.2 Å². The average molecular weight is 554 g/mol. The molecule has 0 bridgehead atoms. The molecule has 0 atom stereocenters. The number of rotatable bonds is 5. The van der Waals surface area contributed by atoms with E-state index in [4.69, 9.17) is 4.74 Å². The second-order valence-electron chi connectivity index (χ2n) is 11.2. The van der Waals surface area contributed by atoms with Crippen molar-refractivity contribution < 1.29 is 22.7 Å². The molecule has 2 aliphatic rings. The van der Waals surface area contributed by atoms with Crippen LogP contribution in [-0.4, -0.2) is 71.0 Å². The fourth-order valence-electron chi connectivity index (χ4n) is 5.22. The number of nitrogens with zero attached hydrogens (tertiary/aromatic N) is 4. The van der Waals surface area contributed by atoms with Crippen LogP contribution in [0.2, 0.25) is 0 Å². The number of carbonyl (C=O) groups is 2. The van der Waals surface area contributed by atoms with Crippen molar-refractivity contribution in [1.29, 1.82) is 0 Å². The predicted molar refractivity (Wildman–Crippen MR) is 147 cm³/mol. The number of pyridine rings is 1. The fourth-order valence-corrected chi connectivity index (χ4v) is 6.69. The Morgan fingerprint density at radius 1 is 1.00 bits per heavy atom. The average Bonchev–Trinajstić information content (AvgIpc) is 3.58. The van der Waals surface area contributed by atoms with Gasteiger partial charge in [0.25, 0.3) is 5.91 Å². The molecule has 0 aliphatic carbocycles. The molecule has 2 amide bonds. The first-order chi connectivity index (χ1) is 18.5. The van der Waals surface area contributed by atoms with E-state index in [1.807, 2.05) is 23.2 Å². The van der Waals surface area contributed by atoms with Crippen molar-refractivity contribution in [2.24, 2.45) is 0 Å². The Morgan fingerprint density at radius 2 is 1.67 bits per heavy atom. The second-order valence-corrected chi connectivity index (χ2v) is 13.1. The molecule has 1 N–H and O–H groups in total. The summed E-state index contributed by atoms with van der Waals surface area (Å²) in [6.07, 6.45) is 6.34. The molecule has 2 aromatic heterocycles. The highest BCUT2D eigenvalue weighted by Gasteiger charge is 2.31. The highest BCUT2D eigenvalue weighted by Crippen LogP contribution is 2.32. The van der Waals surface area contributed by atoms with E-state index in [2.05, 4.69) is 10.4 Å². The molecule has 5 rings (SSSR count). The number of nitrogens with one attached hydrogen (secondary N) is 1. The molecule has 208 valence electrons. The molecule has 2 saturated heterocycles. The van der Waals surface area contributed by atoms with Crippen LogP contribution in [0.4, 0.5) is 10.5 Å². The Hall–Kier alpha value is -3.44. The first-order valence-electron chi connectivity index (χ1n) is 13.4. The lowest BCUT2D eigenvalue weighted by molar-refractivity contribution is 0.0635. The first-order valence-corrected chi connectivity index (χ1v) is 14.8. The lowest BCUT2D eigenvalue weighted by atomic mass is 9.90. The summed E-state index contributed by atoms with van der Waals surface area (Å²) in [5.74, 6) is 0.208.